The Morgan fingerprint density at radius 3 is 2.45 bits per heavy atom. The number of hydrogen-bond acceptors (Lipinski definition) is 8. The van der Waals surface area contributed by atoms with Gasteiger partial charge >= 0.3 is 5.69 Å². The number of phenols is 1. The van der Waals surface area contributed by atoms with Crippen molar-refractivity contribution in [3.63, 3.8) is 0 Å². The maximum Gasteiger partial charge on any atom is 0.318 e. The minimum absolute atomic E-state index is 0.140. The summed E-state index contributed by atoms with van der Waals surface area (Å²) in [6, 6.07) is 14.2. The molecule has 0 aliphatic heterocycles. The van der Waals surface area contributed by atoms with Crippen molar-refractivity contribution in [1.29, 1.82) is 0 Å². The average Bonchev–Trinajstić information content (AvgIpc) is 3.16. The number of aromatic nitrogens is 1. The van der Waals surface area contributed by atoms with Crippen LogP contribution in [0.1, 0.15) is 11.1 Å². The molecule has 4 aromatic rings. The van der Waals surface area contributed by atoms with Gasteiger partial charge in [0.1, 0.15) is 5.52 Å². The average molecular weight is 418 g/mol. The van der Waals surface area contributed by atoms with Crippen LogP contribution in [0, 0.1) is 27.2 Å². The molecule has 0 aliphatic carbocycles. The molecule has 1 heterocycles. The van der Waals surface area contributed by atoms with Gasteiger partial charge in [-0.1, -0.05) is 6.07 Å². The van der Waals surface area contributed by atoms with Crippen LogP contribution < -0.4 is 0 Å². The van der Waals surface area contributed by atoms with E-state index < -0.39 is 27.0 Å². The molecule has 10 nitrogen and oxygen atoms in total. The van der Waals surface area contributed by atoms with Gasteiger partial charge in [-0.15, -0.1) is 0 Å². The summed E-state index contributed by atoms with van der Waals surface area (Å²) in [4.78, 5) is 29.0. The van der Waals surface area contributed by atoms with Crippen LogP contribution in [0.3, 0.4) is 0 Å². The minimum Gasteiger partial charge on any atom is -0.502 e. The van der Waals surface area contributed by atoms with Crippen LogP contribution >= 0.6 is 0 Å². The fourth-order valence-electron chi connectivity index (χ4n) is 2.96. The van der Waals surface area contributed by atoms with Gasteiger partial charge in [-0.05, 0) is 48.9 Å². The number of benzene rings is 3. The van der Waals surface area contributed by atoms with Crippen LogP contribution in [0.2, 0.25) is 0 Å². The summed E-state index contributed by atoms with van der Waals surface area (Å²) < 4.78 is 5.78. The van der Waals surface area contributed by atoms with Crippen LogP contribution in [0.4, 0.5) is 17.1 Å². The monoisotopic (exact) mass is 418 g/mol. The van der Waals surface area contributed by atoms with Gasteiger partial charge in [0, 0.05) is 23.4 Å². The van der Waals surface area contributed by atoms with E-state index in [4.69, 9.17) is 4.42 Å². The second kappa shape index (κ2) is 7.67. The van der Waals surface area contributed by atoms with Crippen LogP contribution in [0.5, 0.6) is 5.75 Å². The van der Waals surface area contributed by atoms with Crippen molar-refractivity contribution in [2.75, 3.05) is 0 Å². The van der Waals surface area contributed by atoms with E-state index >= 15 is 0 Å². The quantitative estimate of drug-likeness (QED) is 0.270. The predicted molar refractivity (Wildman–Crippen MR) is 113 cm³/mol. The molecule has 1 aromatic heterocycles. The predicted octanol–water partition coefficient (Wildman–Crippen LogP) is 5.08. The van der Waals surface area contributed by atoms with Crippen molar-refractivity contribution < 1.29 is 19.4 Å². The topological polar surface area (TPSA) is 145 Å². The lowest BCUT2D eigenvalue weighted by Crippen LogP contribution is -1.96. The molecule has 0 fully saturated rings. The van der Waals surface area contributed by atoms with E-state index in [2.05, 4.69) is 9.98 Å². The van der Waals surface area contributed by atoms with Gasteiger partial charge in [0.25, 0.3) is 5.69 Å². The molecule has 10 heteroatoms. The van der Waals surface area contributed by atoms with E-state index in [-0.39, 0.29) is 5.56 Å². The number of rotatable bonds is 5. The number of aliphatic imine (C=N–C) groups is 1. The van der Waals surface area contributed by atoms with Gasteiger partial charge < -0.3 is 9.52 Å². The molecule has 0 atom stereocenters. The number of aromatic hydroxyl groups is 1. The van der Waals surface area contributed by atoms with E-state index in [1.54, 1.807) is 24.3 Å². The third-order valence-electron chi connectivity index (χ3n) is 4.52. The highest BCUT2D eigenvalue weighted by molar-refractivity contribution is 5.88. The first-order valence-electron chi connectivity index (χ1n) is 8.99. The van der Waals surface area contributed by atoms with Crippen molar-refractivity contribution in [2.45, 2.75) is 6.92 Å². The van der Waals surface area contributed by atoms with Gasteiger partial charge in [0.2, 0.25) is 11.6 Å². The van der Waals surface area contributed by atoms with E-state index in [0.717, 1.165) is 28.9 Å². The summed E-state index contributed by atoms with van der Waals surface area (Å²) in [5, 5.41) is 32.1. The number of hydrogen-bond donors (Lipinski definition) is 1. The van der Waals surface area contributed by atoms with Gasteiger partial charge in [0.05, 0.1) is 21.6 Å². The Morgan fingerprint density at radius 1 is 1.03 bits per heavy atom. The fourth-order valence-corrected chi connectivity index (χ4v) is 2.96. The van der Waals surface area contributed by atoms with Gasteiger partial charge in [-0.2, -0.15) is 0 Å². The molecule has 0 unspecified atom stereocenters. The zero-order valence-corrected chi connectivity index (χ0v) is 16.1. The smallest absolute Gasteiger partial charge is 0.318 e. The number of phenolic OH excluding ortho intramolecular Hbond substituents is 1. The molecule has 154 valence electrons. The molecule has 1 N–H and O–H groups in total. The Kier molecular flexibility index (Phi) is 4.88. The molecular weight excluding hydrogens is 404 g/mol. The molecule has 31 heavy (non-hydrogen) atoms. The first kappa shape index (κ1) is 19.7. The molecule has 0 saturated heterocycles. The zero-order valence-electron chi connectivity index (χ0n) is 16.1. The molecule has 0 radical (unpaired) electrons. The summed E-state index contributed by atoms with van der Waals surface area (Å²) in [6.45, 7) is 1.96. The maximum atomic E-state index is 11.0. The zero-order chi connectivity index (χ0) is 22.1. The van der Waals surface area contributed by atoms with Gasteiger partial charge in [-0.25, -0.2) is 4.98 Å². The second-order valence-electron chi connectivity index (χ2n) is 6.71. The number of oxazole rings is 1. The number of nitro benzene ring substituents is 2. The van der Waals surface area contributed by atoms with E-state index in [9.17, 15) is 25.3 Å². The maximum absolute atomic E-state index is 11.0. The third-order valence-corrected chi connectivity index (χ3v) is 4.52. The van der Waals surface area contributed by atoms with Crippen LogP contribution in [-0.4, -0.2) is 26.2 Å². The van der Waals surface area contributed by atoms with Crippen LogP contribution in [0.15, 0.2) is 64.0 Å². The van der Waals surface area contributed by atoms with Crippen LogP contribution in [0.25, 0.3) is 22.6 Å². The summed E-state index contributed by atoms with van der Waals surface area (Å²) in [5.74, 6) is -0.249. The Hall–Kier alpha value is -4.60. The Labute approximate surface area is 174 Å². The minimum atomic E-state index is -0.893. The highest BCUT2D eigenvalue weighted by Gasteiger charge is 2.23. The first-order valence-corrected chi connectivity index (χ1v) is 8.99. The summed E-state index contributed by atoms with van der Waals surface area (Å²) in [5.41, 5.74) is 2.24. The molecule has 0 saturated carbocycles. The highest BCUT2D eigenvalue weighted by Crippen LogP contribution is 2.34. The lowest BCUT2D eigenvalue weighted by atomic mass is 10.1. The molecule has 0 spiro atoms. The van der Waals surface area contributed by atoms with Crippen molar-refractivity contribution in [3.8, 4) is 17.2 Å². The summed E-state index contributed by atoms with van der Waals surface area (Å²) >= 11 is 0. The largest absolute Gasteiger partial charge is 0.502 e. The Balaban J connectivity index is 1.63. The van der Waals surface area contributed by atoms with E-state index in [0.29, 0.717) is 23.2 Å². The molecule has 4 rings (SSSR count). The number of nitrogens with zero attached hydrogens (tertiary/aromatic N) is 4. The lowest BCUT2D eigenvalue weighted by molar-refractivity contribution is -0.394. The van der Waals surface area contributed by atoms with Crippen LogP contribution in [-0.2, 0) is 0 Å². The van der Waals surface area contributed by atoms with Gasteiger partial charge in [-0.3, -0.25) is 25.2 Å². The summed E-state index contributed by atoms with van der Waals surface area (Å²) in [6.07, 6.45) is 1.13. The number of fused-ring (bicyclic) bond motifs is 1. The third kappa shape index (κ3) is 3.94. The van der Waals surface area contributed by atoms with Crippen molar-refractivity contribution in [1.82, 2.24) is 4.98 Å². The van der Waals surface area contributed by atoms with Crippen molar-refractivity contribution >= 4 is 34.4 Å². The van der Waals surface area contributed by atoms with Crippen molar-refractivity contribution in [2.24, 2.45) is 4.99 Å². The number of nitro groups is 2. The highest BCUT2D eigenvalue weighted by atomic mass is 16.6. The standard InChI is InChI=1S/C21H14N4O6/c1-12-2-7-17-19(8-12)31-21(23-17)13-3-5-15(6-4-13)22-11-14-9-16(24(27)28)10-18(20(14)26)25(29)30/h2-11,26H,1H3. The Bertz CT molecular complexity index is 1360. The first-order chi connectivity index (χ1) is 14.8. The number of aryl methyl sites for hydroxylation is 1. The Morgan fingerprint density at radius 2 is 1.77 bits per heavy atom. The molecule has 0 aliphatic rings. The van der Waals surface area contributed by atoms with E-state index in [1.165, 1.54) is 0 Å². The molecular formula is C21H14N4O6. The lowest BCUT2D eigenvalue weighted by Gasteiger charge is -2.01. The second-order valence-corrected chi connectivity index (χ2v) is 6.71. The molecule has 3 aromatic carbocycles. The van der Waals surface area contributed by atoms with Crippen molar-refractivity contribution in [3.05, 3.63) is 86.0 Å². The fraction of sp³-hybridized carbons (Fsp3) is 0.0476. The SMILES string of the molecule is Cc1ccc2nc(-c3ccc(N=Cc4cc([N+](=O)[O-])cc([N+](=O)[O-])c4O)cc3)oc2c1. The summed E-state index contributed by atoms with van der Waals surface area (Å²) in [7, 11) is 0. The molecule has 0 amide bonds. The van der Waals surface area contributed by atoms with Gasteiger partial charge in [0.15, 0.2) is 5.58 Å². The molecule has 0 bridgehead atoms. The number of non-ortho nitro benzene ring substituents is 1. The van der Waals surface area contributed by atoms with E-state index in [1.807, 2.05) is 25.1 Å². The normalized spacial score (nSPS) is 11.3.